The minimum atomic E-state index is -0.562. The molecule has 0 unspecified atom stereocenters. The molecule has 1 aromatic heterocycles. The lowest BCUT2D eigenvalue weighted by Gasteiger charge is -2.11. The molecule has 24 heavy (non-hydrogen) atoms. The van der Waals surface area contributed by atoms with E-state index in [0.29, 0.717) is 17.1 Å². The number of anilines is 2. The lowest BCUT2D eigenvalue weighted by molar-refractivity contribution is 0.100. The first-order chi connectivity index (χ1) is 11.6. The molecule has 0 bridgehead atoms. The summed E-state index contributed by atoms with van der Waals surface area (Å²) in [5.41, 5.74) is 8.65. The minimum Gasteiger partial charge on any atom is -0.365 e. The second-order valence-electron chi connectivity index (χ2n) is 5.57. The number of carbonyl (C=O) groups excluding carboxylic acids is 1. The molecule has 6 nitrogen and oxygen atoms in total. The van der Waals surface area contributed by atoms with Crippen molar-refractivity contribution in [2.45, 2.75) is 6.04 Å². The fourth-order valence-corrected chi connectivity index (χ4v) is 3.91. The molecule has 4 rings (SSSR count). The van der Waals surface area contributed by atoms with Crippen molar-refractivity contribution in [3.63, 3.8) is 0 Å². The second-order valence-corrected chi connectivity index (χ2v) is 6.60. The summed E-state index contributed by atoms with van der Waals surface area (Å²) < 4.78 is 14.8. The number of hydrogen-bond acceptors (Lipinski definition) is 5. The van der Waals surface area contributed by atoms with E-state index in [9.17, 15) is 9.18 Å². The highest BCUT2D eigenvalue weighted by Crippen LogP contribution is 2.38. The van der Waals surface area contributed by atoms with E-state index in [2.05, 4.69) is 15.4 Å². The number of allylic oxidation sites excluding steroid dienone is 1. The van der Waals surface area contributed by atoms with E-state index < -0.39 is 5.91 Å². The number of amides is 1. The van der Waals surface area contributed by atoms with Gasteiger partial charge in [0.15, 0.2) is 5.82 Å². The predicted molar refractivity (Wildman–Crippen MR) is 92.3 cm³/mol. The van der Waals surface area contributed by atoms with Crippen LogP contribution in [0.5, 0.6) is 0 Å². The Morgan fingerprint density at radius 3 is 2.79 bits per heavy atom. The first-order valence-corrected chi connectivity index (χ1v) is 8.53. The van der Waals surface area contributed by atoms with Crippen molar-refractivity contribution >= 4 is 35.4 Å². The van der Waals surface area contributed by atoms with Gasteiger partial charge in [-0.2, -0.15) is 16.9 Å². The molecule has 3 N–H and O–H groups in total. The van der Waals surface area contributed by atoms with Gasteiger partial charge in [-0.25, -0.2) is 4.39 Å². The Labute approximate surface area is 141 Å². The van der Waals surface area contributed by atoms with Crippen molar-refractivity contribution < 1.29 is 9.18 Å². The highest BCUT2D eigenvalue weighted by molar-refractivity contribution is 7.99. The molecular weight excluding hydrogens is 329 g/mol. The van der Waals surface area contributed by atoms with Crippen LogP contribution in [0.2, 0.25) is 0 Å². The Morgan fingerprint density at radius 1 is 1.38 bits per heavy atom. The zero-order valence-electron chi connectivity index (χ0n) is 12.6. The van der Waals surface area contributed by atoms with Crippen LogP contribution in [-0.4, -0.2) is 33.4 Å². The Morgan fingerprint density at radius 2 is 2.12 bits per heavy atom. The van der Waals surface area contributed by atoms with Crippen molar-refractivity contribution in [2.75, 3.05) is 16.8 Å². The molecule has 0 aliphatic carbocycles. The van der Waals surface area contributed by atoms with E-state index in [0.717, 1.165) is 17.2 Å². The van der Waals surface area contributed by atoms with E-state index in [1.165, 1.54) is 17.7 Å². The number of hydrogen-bond donors (Lipinski definition) is 2. The number of primary amides is 1. The normalized spacial score (nSPS) is 22.0. The van der Waals surface area contributed by atoms with Gasteiger partial charge in [0, 0.05) is 23.4 Å². The van der Waals surface area contributed by atoms with E-state index >= 15 is 0 Å². The summed E-state index contributed by atoms with van der Waals surface area (Å²) in [6.45, 7) is 0. The Bertz CT molecular complexity index is 863. The maximum absolute atomic E-state index is 13.0. The van der Waals surface area contributed by atoms with Crippen LogP contribution in [-0.2, 0) is 0 Å². The largest absolute Gasteiger partial charge is 0.365 e. The summed E-state index contributed by atoms with van der Waals surface area (Å²) in [6, 6.07) is 5.90. The lowest BCUT2D eigenvalue weighted by atomic mass is 10.1. The quantitative estimate of drug-likeness (QED) is 0.893. The zero-order chi connectivity index (χ0) is 16.7. The number of benzene rings is 1. The Balaban J connectivity index is 1.66. The molecular formula is C16H14FN5OS. The lowest BCUT2D eigenvalue weighted by Crippen LogP contribution is -2.13. The van der Waals surface area contributed by atoms with E-state index in [4.69, 9.17) is 5.73 Å². The summed E-state index contributed by atoms with van der Waals surface area (Å²) in [6.07, 6.45) is 3.50. The maximum atomic E-state index is 13.0. The van der Waals surface area contributed by atoms with Crippen molar-refractivity contribution in [1.29, 1.82) is 0 Å². The fraction of sp³-hybridized carbons (Fsp3) is 0.188. The van der Waals surface area contributed by atoms with Crippen molar-refractivity contribution in [1.82, 2.24) is 9.78 Å². The van der Waals surface area contributed by atoms with E-state index in [1.807, 2.05) is 6.21 Å². The van der Waals surface area contributed by atoms with Crippen molar-refractivity contribution in [3.05, 3.63) is 53.1 Å². The van der Waals surface area contributed by atoms with Crippen LogP contribution in [0.25, 0.3) is 0 Å². The van der Waals surface area contributed by atoms with Gasteiger partial charge in [-0.1, -0.05) is 0 Å². The molecule has 1 aromatic carbocycles. The molecule has 2 aliphatic heterocycles. The summed E-state index contributed by atoms with van der Waals surface area (Å²) in [7, 11) is 0. The van der Waals surface area contributed by atoms with Gasteiger partial charge in [0.1, 0.15) is 11.4 Å². The minimum absolute atomic E-state index is 0.0642. The molecule has 1 fully saturated rings. The maximum Gasteiger partial charge on any atom is 0.254 e. The molecule has 1 amide bonds. The number of nitrogens with one attached hydrogen (secondary N) is 1. The number of rotatable bonds is 4. The van der Waals surface area contributed by atoms with Crippen LogP contribution in [0, 0.1) is 5.82 Å². The number of thioether (sulfide) groups is 1. The smallest absolute Gasteiger partial charge is 0.254 e. The van der Waals surface area contributed by atoms with Crippen LogP contribution in [0.1, 0.15) is 16.4 Å². The molecule has 8 heteroatoms. The van der Waals surface area contributed by atoms with Gasteiger partial charge in [0.2, 0.25) is 0 Å². The zero-order valence-corrected chi connectivity index (χ0v) is 13.4. The van der Waals surface area contributed by atoms with Crippen LogP contribution < -0.4 is 11.1 Å². The summed E-state index contributed by atoms with van der Waals surface area (Å²) in [4.78, 5) is 15.9. The third-order valence-electron chi connectivity index (χ3n) is 3.95. The molecule has 122 valence electrons. The molecule has 2 aromatic rings. The SMILES string of the molecule is NC(=O)c1cn([C@@H]2CSCC2=C2C=N2)nc1Nc1ccc(F)cc1. The third kappa shape index (κ3) is 2.80. The van der Waals surface area contributed by atoms with E-state index in [1.54, 1.807) is 34.8 Å². The molecule has 0 spiro atoms. The number of aliphatic imine (C=N–C) groups is 1. The monoisotopic (exact) mass is 343 g/mol. The number of nitrogens with zero attached hydrogens (tertiary/aromatic N) is 3. The summed E-state index contributed by atoms with van der Waals surface area (Å²) in [5.74, 6) is 1.26. The second kappa shape index (κ2) is 5.79. The molecule has 2 aliphatic rings. The molecule has 1 atom stereocenters. The summed E-state index contributed by atoms with van der Waals surface area (Å²) >= 11 is 1.81. The van der Waals surface area contributed by atoms with Crippen molar-refractivity contribution in [3.8, 4) is 0 Å². The first kappa shape index (κ1) is 14.9. The van der Waals surface area contributed by atoms with Gasteiger partial charge >= 0.3 is 0 Å². The predicted octanol–water partition coefficient (Wildman–Crippen LogP) is 2.49. The Kier molecular flexibility index (Phi) is 3.61. The number of carbonyl (C=O) groups is 1. The number of nitrogens with two attached hydrogens (primary N) is 1. The van der Waals surface area contributed by atoms with Crippen molar-refractivity contribution in [2.24, 2.45) is 10.7 Å². The van der Waals surface area contributed by atoms with Gasteiger partial charge < -0.3 is 11.1 Å². The molecule has 0 saturated carbocycles. The average Bonchev–Trinajstić information content (AvgIpc) is 3.13. The van der Waals surface area contributed by atoms with Gasteiger partial charge in [-0.05, 0) is 29.8 Å². The average molecular weight is 343 g/mol. The van der Waals surface area contributed by atoms with Crippen LogP contribution in [0.4, 0.5) is 15.9 Å². The Hall–Kier alpha value is -2.61. The highest BCUT2D eigenvalue weighted by atomic mass is 32.2. The molecule has 0 radical (unpaired) electrons. The third-order valence-corrected chi connectivity index (χ3v) is 5.01. The number of halogens is 1. The van der Waals surface area contributed by atoms with Gasteiger partial charge in [0.05, 0.1) is 18.0 Å². The van der Waals surface area contributed by atoms with Gasteiger partial charge in [0.25, 0.3) is 5.91 Å². The fourth-order valence-electron chi connectivity index (χ4n) is 2.65. The van der Waals surface area contributed by atoms with Crippen LogP contribution in [0.3, 0.4) is 0 Å². The van der Waals surface area contributed by atoms with Gasteiger partial charge in [-0.15, -0.1) is 0 Å². The topological polar surface area (TPSA) is 85.3 Å². The summed E-state index contributed by atoms with van der Waals surface area (Å²) in [5, 5.41) is 7.53. The highest BCUT2D eigenvalue weighted by Gasteiger charge is 2.30. The van der Waals surface area contributed by atoms with Crippen LogP contribution in [0.15, 0.2) is 46.7 Å². The van der Waals surface area contributed by atoms with Gasteiger partial charge in [-0.3, -0.25) is 14.5 Å². The first-order valence-electron chi connectivity index (χ1n) is 7.38. The molecule has 3 heterocycles. The van der Waals surface area contributed by atoms with E-state index in [-0.39, 0.29) is 11.9 Å². The van der Waals surface area contributed by atoms with Crippen LogP contribution >= 0.6 is 11.8 Å². The standard InChI is InChI=1S/C16H14FN5OS/c17-9-1-3-10(4-2-9)20-16-11(15(18)23)6-22(21-16)14-8-24-7-12(14)13-5-19-13/h1-6,14H,7-8H2,(H2,18,23)(H,20,21)/t14-/m1/s1. The molecule has 1 saturated heterocycles. The number of aromatic nitrogens is 2.